The fourth-order valence-corrected chi connectivity index (χ4v) is 7.13. The highest BCUT2D eigenvalue weighted by atomic mass is 32.2. The average molecular weight is 292 g/mol. The van der Waals surface area contributed by atoms with Crippen LogP contribution in [-0.4, -0.2) is 18.9 Å². The lowest BCUT2D eigenvalue weighted by Gasteiger charge is -2.19. The third kappa shape index (κ3) is 1.40. The minimum absolute atomic E-state index is 0.0839. The maximum Gasteiger partial charge on any atom is 0.192 e. The molecule has 0 heterocycles. The summed E-state index contributed by atoms with van der Waals surface area (Å²) in [5, 5.41) is 0. The standard InChI is InChI=1S/C16H20O3S/c1-10-7-11(2)14(12(3)8-10)20(18,19)16-9-15(16,4)6-5-13(16)17/h7-8H,5-6,9H2,1-4H3/t15-,16+/m1/s1. The number of aryl methyl sites for hydroxylation is 3. The van der Waals surface area contributed by atoms with Crippen molar-refractivity contribution in [1.29, 1.82) is 0 Å². The summed E-state index contributed by atoms with van der Waals surface area (Å²) in [4.78, 5) is 12.7. The van der Waals surface area contributed by atoms with Crippen molar-refractivity contribution >= 4 is 15.6 Å². The molecule has 0 aromatic heterocycles. The van der Waals surface area contributed by atoms with Crippen LogP contribution in [0.4, 0.5) is 0 Å². The Bertz CT molecular complexity index is 709. The van der Waals surface area contributed by atoms with Crippen LogP contribution in [0.1, 0.15) is 42.9 Å². The molecule has 0 N–H and O–H groups in total. The number of fused-ring (bicyclic) bond motifs is 1. The van der Waals surface area contributed by atoms with Crippen molar-refractivity contribution in [2.75, 3.05) is 0 Å². The van der Waals surface area contributed by atoms with Gasteiger partial charge in [-0.05, 0) is 50.2 Å². The quantitative estimate of drug-likeness (QED) is 0.842. The van der Waals surface area contributed by atoms with Gasteiger partial charge in [0.15, 0.2) is 15.6 Å². The Morgan fingerprint density at radius 2 is 1.65 bits per heavy atom. The van der Waals surface area contributed by atoms with E-state index in [-0.39, 0.29) is 11.2 Å². The first-order valence-corrected chi connectivity index (χ1v) is 8.50. The summed E-state index contributed by atoms with van der Waals surface area (Å²) in [6, 6.07) is 3.77. The summed E-state index contributed by atoms with van der Waals surface area (Å²) in [6.07, 6.45) is 1.60. The normalized spacial score (nSPS) is 32.3. The van der Waals surface area contributed by atoms with E-state index in [2.05, 4.69) is 0 Å². The van der Waals surface area contributed by atoms with Crippen molar-refractivity contribution in [1.82, 2.24) is 0 Å². The van der Waals surface area contributed by atoms with E-state index in [9.17, 15) is 13.2 Å². The van der Waals surface area contributed by atoms with Gasteiger partial charge in [-0.15, -0.1) is 0 Å². The highest BCUT2D eigenvalue weighted by molar-refractivity contribution is 7.94. The number of hydrogen-bond donors (Lipinski definition) is 0. The van der Waals surface area contributed by atoms with E-state index in [0.717, 1.165) is 16.7 Å². The molecule has 2 aliphatic rings. The summed E-state index contributed by atoms with van der Waals surface area (Å²) >= 11 is 0. The van der Waals surface area contributed by atoms with E-state index in [1.807, 2.05) is 39.8 Å². The molecule has 0 unspecified atom stereocenters. The molecule has 0 amide bonds. The summed E-state index contributed by atoms with van der Waals surface area (Å²) in [7, 11) is -3.60. The lowest BCUT2D eigenvalue weighted by molar-refractivity contribution is -0.118. The molecular formula is C16H20O3S. The van der Waals surface area contributed by atoms with Crippen molar-refractivity contribution in [3.8, 4) is 0 Å². The van der Waals surface area contributed by atoms with Crippen molar-refractivity contribution in [3.63, 3.8) is 0 Å². The number of sulfone groups is 1. The molecule has 2 atom stereocenters. The zero-order valence-electron chi connectivity index (χ0n) is 12.4. The van der Waals surface area contributed by atoms with Crippen LogP contribution in [0, 0.1) is 26.2 Å². The van der Waals surface area contributed by atoms with Gasteiger partial charge >= 0.3 is 0 Å². The first-order chi connectivity index (χ1) is 9.16. The third-order valence-electron chi connectivity index (χ3n) is 5.18. The maximum atomic E-state index is 13.1. The van der Waals surface area contributed by atoms with E-state index in [0.29, 0.717) is 24.2 Å². The van der Waals surface area contributed by atoms with Crippen LogP contribution < -0.4 is 0 Å². The number of carbonyl (C=O) groups excluding carboxylic acids is 1. The second-order valence-electron chi connectivity index (χ2n) is 6.72. The smallest absolute Gasteiger partial charge is 0.192 e. The van der Waals surface area contributed by atoms with Gasteiger partial charge in [0.2, 0.25) is 0 Å². The van der Waals surface area contributed by atoms with Crippen LogP contribution in [0.2, 0.25) is 0 Å². The minimum Gasteiger partial charge on any atom is -0.298 e. The lowest BCUT2D eigenvalue weighted by Crippen LogP contribution is -2.34. The van der Waals surface area contributed by atoms with Crippen LogP contribution in [0.15, 0.2) is 17.0 Å². The summed E-state index contributed by atoms with van der Waals surface area (Å²) in [6.45, 7) is 7.54. The average Bonchev–Trinajstić information content (AvgIpc) is 2.85. The molecule has 3 rings (SSSR count). The maximum absolute atomic E-state index is 13.1. The molecule has 2 saturated carbocycles. The summed E-state index contributed by atoms with van der Waals surface area (Å²) < 4.78 is 25.2. The zero-order valence-corrected chi connectivity index (χ0v) is 13.2. The number of rotatable bonds is 2. The van der Waals surface area contributed by atoms with E-state index in [1.165, 1.54) is 0 Å². The Morgan fingerprint density at radius 1 is 1.10 bits per heavy atom. The molecule has 0 saturated heterocycles. The van der Waals surface area contributed by atoms with E-state index >= 15 is 0 Å². The fraction of sp³-hybridized carbons (Fsp3) is 0.562. The van der Waals surface area contributed by atoms with Gasteiger partial charge in [-0.3, -0.25) is 4.79 Å². The fourth-order valence-electron chi connectivity index (χ4n) is 4.16. The SMILES string of the molecule is Cc1cc(C)c(S(=O)(=O)[C@]23C[C@@]2(C)CCC3=O)c(C)c1. The number of Topliss-reactive ketones (excluding diaryl/α,β-unsaturated/α-hetero) is 1. The number of benzene rings is 1. The highest BCUT2D eigenvalue weighted by Gasteiger charge is 2.79. The van der Waals surface area contributed by atoms with Gasteiger partial charge in [0, 0.05) is 6.42 Å². The van der Waals surface area contributed by atoms with Crippen LogP contribution in [0.25, 0.3) is 0 Å². The van der Waals surface area contributed by atoms with Crippen LogP contribution >= 0.6 is 0 Å². The topological polar surface area (TPSA) is 51.2 Å². The van der Waals surface area contributed by atoms with Crippen molar-refractivity contribution < 1.29 is 13.2 Å². The van der Waals surface area contributed by atoms with Crippen LogP contribution in [0.5, 0.6) is 0 Å². The van der Waals surface area contributed by atoms with Crippen LogP contribution in [-0.2, 0) is 14.6 Å². The van der Waals surface area contributed by atoms with E-state index in [4.69, 9.17) is 0 Å². The molecule has 108 valence electrons. The van der Waals surface area contributed by atoms with Gasteiger partial charge in [-0.25, -0.2) is 8.42 Å². The van der Waals surface area contributed by atoms with E-state index < -0.39 is 14.6 Å². The molecule has 1 aromatic rings. The number of ketones is 1. The summed E-state index contributed by atoms with van der Waals surface area (Å²) in [5.41, 5.74) is 2.22. The summed E-state index contributed by atoms with van der Waals surface area (Å²) in [5.74, 6) is -0.0839. The predicted octanol–water partition coefficient (Wildman–Crippen LogP) is 2.90. The Morgan fingerprint density at radius 3 is 2.05 bits per heavy atom. The monoisotopic (exact) mass is 292 g/mol. The minimum atomic E-state index is -3.60. The second-order valence-corrected chi connectivity index (χ2v) is 8.83. The van der Waals surface area contributed by atoms with Crippen molar-refractivity contribution in [2.24, 2.45) is 5.41 Å². The van der Waals surface area contributed by atoms with Gasteiger partial charge in [0.05, 0.1) is 4.90 Å². The highest BCUT2D eigenvalue weighted by Crippen LogP contribution is 2.70. The molecule has 4 heteroatoms. The molecule has 2 aliphatic carbocycles. The molecule has 0 radical (unpaired) electrons. The van der Waals surface area contributed by atoms with Crippen molar-refractivity contribution in [3.05, 3.63) is 28.8 Å². The first-order valence-electron chi connectivity index (χ1n) is 7.01. The molecule has 3 nitrogen and oxygen atoms in total. The molecule has 1 aromatic carbocycles. The first kappa shape index (κ1) is 13.8. The largest absolute Gasteiger partial charge is 0.298 e. The molecule has 2 fully saturated rings. The Labute approximate surface area is 120 Å². The lowest BCUT2D eigenvalue weighted by atomic mass is 10.1. The second kappa shape index (κ2) is 3.73. The van der Waals surface area contributed by atoms with E-state index in [1.54, 1.807) is 0 Å². The van der Waals surface area contributed by atoms with Gasteiger partial charge in [0.1, 0.15) is 4.75 Å². The number of hydrogen-bond acceptors (Lipinski definition) is 3. The Hall–Kier alpha value is -1.16. The molecule has 0 spiro atoms. The third-order valence-corrected chi connectivity index (χ3v) is 8.14. The van der Waals surface area contributed by atoms with Crippen LogP contribution in [0.3, 0.4) is 0 Å². The molecular weight excluding hydrogens is 272 g/mol. The van der Waals surface area contributed by atoms with Crippen molar-refractivity contribution in [2.45, 2.75) is 56.6 Å². The predicted molar refractivity (Wildman–Crippen MR) is 77.5 cm³/mol. The molecule has 0 aliphatic heterocycles. The van der Waals surface area contributed by atoms with Gasteiger partial charge in [-0.2, -0.15) is 0 Å². The molecule has 0 bridgehead atoms. The van der Waals surface area contributed by atoms with Gasteiger partial charge < -0.3 is 0 Å². The van der Waals surface area contributed by atoms with Gasteiger partial charge in [0.25, 0.3) is 0 Å². The Kier molecular flexibility index (Phi) is 2.57. The number of carbonyl (C=O) groups is 1. The molecule has 20 heavy (non-hydrogen) atoms. The van der Waals surface area contributed by atoms with Gasteiger partial charge in [-0.1, -0.05) is 24.6 Å². The Balaban J connectivity index is 2.24. The zero-order chi connectivity index (χ0) is 14.9.